The molecule has 4 nitrogen and oxygen atoms in total. The average molecular weight is 349 g/mol. The first kappa shape index (κ1) is 18.7. The molecule has 3 rings (SSSR count). The maximum absolute atomic E-state index is 12.9. The minimum atomic E-state index is -0.455. The van der Waals surface area contributed by atoms with Crippen LogP contribution in [0.25, 0.3) is 10.8 Å². The monoisotopic (exact) mass is 348 g/mol. The molecule has 0 radical (unpaired) electrons. The van der Waals surface area contributed by atoms with E-state index < -0.39 is 5.41 Å². The number of rotatable bonds is 4. The van der Waals surface area contributed by atoms with Gasteiger partial charge in [-0.25, -0.2) is 0 Å². The quantitative estimate of drug-likeness (QED) is 0.924. The summed E-state index contributed by atoms with van der Waals surface area (Å²) in [6.07, 6.45) is 1.43. The maximum Gasteiger partial charge on any atom is 0.230 e. The van der Waals surface area contributed by atoms with E-state index in [2.05, 4.69) is 30.3 Å². The van der Waals surface area contributed by atoms with Crippen molar-refractivity contribution in [2.45, 2.75) is 19.4 Å². The second kappa shape index (κ2) is 7.97. The summed E-state index contributed by atoms with van der Waals surface area (Å²) in [5, 5.41) is 2.42. The zero-order chi connectivity index (χ0) is 16.3. The number of ether oxygens (including phenoxy) is 1. The van der Waals surface area contributed by atoms with Gasteiger partial charge in [-0.15, -0.1) is 12.4 Å². The van der Waals surface area contributed by atoms with Gasteiger partial charge in [-0.2, -0.15) is 0 Å². The van der Waals surface area contributed by atoms with Crippen molar-refractivity contribution in [1.29, 1.82) is 0 Å². The molecule has 1 amide bonds. The normalized spacial score (nSPS) is 16.4. The highest BCUT2D eigenvalue weighted by atomic mass is 35.5. The third-order valence-corrected chi connectivity index (χ3v) is 4.87. The Hall–Kier alpha value is -1.62. The van der Waals surface area contributed by atoms with E-state index in [-0.39, 0.29) is 18.3 Å². The first-order valence-corrected chi connectivity index (χ1v) is 8.16. The van der Waals surface area contributed by atoms with E-state index in [1.165, 1.54) is 10.8 Å². The van der Waals surface area contributed by atoms with E-state index in [1.54, 1.807) is 0 Å². The number of carbonyl (C=O) groups excluding carboxylic acids is 1. The van der Waals surface area contributed by atoms with Gasteiger partial charge in [0.1, 0.15) is 0 Å². The zero-order valence-electron chi connectivity index (χ0n) is 14.0. The van der Waals surface area contributed by atoms with E-state index in [1.807, 2.05) is 24.1 Å². The number of benzene rings is 2. The Morgan fingerprint density at radius 3 is 2.50 bits per heavy atom. The molecule has 130 valence electrons. The molecule has 0 saturated carbocycles. The molecule has 1 aliphatic heterocycles. The number of halogens is 1. The number of hydrogen-bond donors (Lipinski definition) is 1. The molecule has 0 spiro atoms. The molecule has 0 aromatic heterocycles. The van der Waals surface area contributed by atoms with Crippen LogP contribution < -0.4 is 5.73 Å². The number of carbonyl (C=O) groups is 1. The summed E-state index contributed by atoms with van der Waals surface area (Å²) >= 11 is 0. The Balaban J connectivity index is 0.00000208. The Bertz CT molecular complexity index is 699. The van der Waals surface area contributed by atoms with Crippen molar-refractivity contribution in [2.75, 3.05) is 26.8 Å². The van der Waals surface area contributed by atoms with Gasteiger partial charge < -0.3 is 15.4 Å². The van der Waals surface area contributed by atoms with E-state index >= 15 is 0 Å². The molecule has 2 N–H and O–H groups in total. The number of hydrogen-bond acceptors (Lipinski definition) is 3. The smallest absolute Gasteiger partial charge is 0.230 e. The highest BCUT2D eigenvalue weighted by Crippen LogP contribution is 2.31. The van der Waals surface area contributed by atoms with Crippen LogP contribution in [-0.4, -0.2) is 37.6 Å². The lowest BCUT2D eigenvalue weighted by atomic mass is 9.79. The summed E-state index contributed by atoms with van der Waals surface area (Å²) in [5.74, 6) is 0.136. The largest absolute Gasteiger partial charge is 0.381 e. The lowest BCUT2D eigenvalue weighted by Gasteiger charge is -2.37. The molecule has 0 aliphatic carbocycles. The molecule has 24 heavy (non-hydrogen) atoms. The van der Waals surface area contributed by atoms with Crippen molar-refractivity contribution in [3.8, 4) is 0 Å². The Morgan fingerprint density at radius 2 is 1.83 bits per heavy atom. The predicted octanol–water partition coefficient (Wildman–Crippen LogP) is 2.98. The maximum atomic E-state index is 12.9. The fraction of sp³-hybridized carbons (Fsp3) is 0.421. The second-order valence-electron chi connectivity index (χ2n) is 6.44. The van der Waals surface area contributed by atoms with Crippen molar-refractivity contribution < 1.29 is 9.53 Å². The number of nitrogens with zero attached hydrogens (tertiary/aromatic N) is 1. The van der Waals surface area contributed by atoms with Gasteiger partial charge in [0.05, 0.1) is 5.41 Å². The molecule has 2 aromatic rings. The fourth-order valence-corrected chi connectivity index (χ4v) is 3.36. The SMILES string of the molecule is CN(Cc1ccc2ccccc2c1)C(=O)C1(CN)CCOCC1.Cl. The Kier molecular flexibility index (Phi) is 6.21. The number of amides is 1. The van der Waals surface area contributed by atoms with Crippen LogP contribution in [0.15, 0.2) is 42.5 Å². The molecule has 1 saturated heterocycles. The van der Waals surface area contributed by atoms with Crippen LogP contribution in [-0.2, 0) is 16.1 Å². The third-order valence-electron chi connectivity index (χ3n) is 4.87. The predicted molar refractivity (Wildman–Crippen MR) is 99.2 cm³/mol. The van der Waals surface area contributed by atoms with Crippen LogP contribution in [0.4, 0.5) is 0 Å². The first-order chi connectivity index (χ1) is 11.1. The summed E-state index contributed by atoms with van der Waals surface area (Å²) in [7, 11) is 1.87. The second-order valence-corrected chi connectivity index (χ2v) is 6.44. The standard InChI is InChI=1S/C19H24N2O2.ClH/c1-21(18(22)19(14-20)8-10-23-11-9-19)13-15-6-7-16-4-2-3-5-17(16)12-15;/h2-7,12H,8-11,13-14,20H2,1H3;1H. The molecular weight excluding hydrogens is 324 g/mol. The van der Waals surface area contributed by atoms with Gasteiger partial charge >= 0.3 is 0 Å². The van der Waals surface area contributed by atoms with Crippen LogP contribution in [0.3, 0.4) is 0 Å². The summed E-state index contributed by atoms with van der Waals surface area (Å²) in [6.45, 7) is 2.23. The van der Waals surface area contributed by atoms with Crippen molar-refractivity contribution in [3.05, 3.63) is 48.0 Å². The molecule has 1 heterocycles. The zero-order valence-corrected chi connectivity index (χ0v) is 14.8. The molecule has 0 bridgehead atoms. The van der Waals surface area contributed by atoms with Gasteiger partial charge in [-0.1, -0.05) is 36.4 Å². The van der Waals surface area contributed by atoms with Crippen molar-refractivity contribution in [2.24, 2.45) is 11.1 Å². The van der Waals surface area contributed by atoms with E-state index in [0.29, 0.717) is 39.1 Å². The minimum Gasteiger partial charge on any atom is -0.381 e. The summed E-state index contributed by atoms with van der Waals surface area (Å²) in [6, 6.07) is 14.6. The minimum absolute atomic E-state index is 0. The topological polar surface area (TPSA) is 55.6 Å². The van der Waals surface area contributed by atoms with Crippen LogP contribution >= 0.6 is 12.4 Å². The van der Waals surface area contributed by atoms with E-state index in [9.17, 15) is 4.79 Å². The van der Waals surface area contributed by atoms with Gasteiger partial charge in [0.15, 0.2) is 0 Å². The molecule has 5 heteroatoms. The highest BCUT2D eigenvalue weighted by molar-refractivity contribution is 5.85. The van der Waals surface area contributed by atoms with Gasteiger partial charge in [0.2, 0.25) is 5.91 Å². The first-order valence-electron chi connectivity index (χ1n) is 8.16. The molecule has 0 unspecified atom stereocenters. The Morgan fingerprint density at radius 1 is 1.17 bits per heavy atom. The molecule has 0 atom stereocenters. The fourth-order valence-electron chi connectivity index (χ4n) is 3.36. The van der Waals surface area contributed by atoms with E-state index in [4.69, 9.17) is 10.5 Å². The van der Waals surface area contributed by atoms with Crippen LogP contribution in [0.1, 0.15) is 18.4 Å². The summed E-state index contributed by atoms with van der Waals surface area (Å²) in [5.41, 5.74) is 6.62. The lowest BCUT2D eigenvalue weighted by molar-refractivity contribution is -0.146. The van der Waals surface area contributed by atoms with Crippen molar-refractivity contribution >= 4 is 29.1 Å². The van der Waals surface area contributed by atoms with Crippen LogP contribution in [0, 0.1) is 5.41 Å². The third kappa shape index (κ3) is 3.72. The number of fused-ring (bicyclic) bond motifs is 1. The van der Waals surface area contributed by atoms with Crippen molar-refractivity contribution in [1.82, 2.24) is 4.90 Å². The summed E-state index contributed by atoms with van der Waals surface area (Å²) < 4.78 is 5.40. The van der Waals surface area contributed by atoms with Gasteiger partial charge in [0, 0.05) is 33.4 Å². The average Bonchev–Trinajstić information content (AvgIpc) is 2.61. The molecule has 2 aromatic carbocycles. The molecule has 1 fully saturated rings. The van der Waals surface area contributed by atoms with Gasteiger partial charge in [-0.05, 0) is 35.2 Å². The summed E-state index contributed by atoms with van der Waals surface area (Å²) in [4.78, 5) is 14.7. The lowest BCUT2D eigenvalue weighted by Crippen LogP contribution is -2.49. The van der Waals surface area contributed by atoms with Gasteiger partial charge in [-0.3, -0.25) is 4.79 Å². The molecule has 1 aliphatic rings. The van der Waals surface area contributed by atoms with Gasteiger partial charge in [0.25, 0.3) is 0 Å². The highest BCUT2D eigenvalue weighted by Gasteiger charge is 2.40. The Labute approximate surface area is 149 Å². The van der Waals surface area contributed by atoms with Crippen LogP contribution in [0.5, 0.6) is 0 Å². The van der Waals surface area contributed by atoms with Crippen molar-refractivity contribution in [3.63, 3.8) is 0 Å². The van der Waals surface area contributed by atoms with E-state index in [0.717, 1.165) is 5.56 Å². The molecular formula is C19H25ClN2O2. The van der Waals surface area contributed by atoms with Crippen LogP contribution in [0.2, 0.25) is 0 Å². The number of nitrogens with two attached hydrogens (primary N) is 1.